The molecule has 2 aliphatic rings. The summed E-state index contributed by atoms with van der Waals surface area (Å²) in [5.74, 6) is 0.804. The number of hydrogen-bond donors (Lipinski definition) is 0. The van der Waals surface area contributed by atoms with Gasteiger partial charge in [-0.15, -0.1) is 0 Å². The molecule has 1 aromatic rings. The normalized spacial score (nSPS) is 20.8. The van der Waals surface area contributed by atoms with Gasteiger partial charge in [-0.2, -0.15) is 0 Å². The molecule has 3 rings (SSSR count). The maximum Gasteiger partial charge on any atom is 0.0402 e. The van der Waals surface area contributed by atoms with Gasteiger partial charge in [-0.1, -0.05) is 26.3 Å². The highest BCUT2D eigenvalue weighted by molar-refractivity contribution is 5.55. The third-order valence-electron chi connectivity index (χ3n) is 5.55. The van der Waals surface area contributed by atoms with Crippen molar-refractivity contribution < 1.29 is 0 Å². The largest absolute Gasteiger partial charge is 0.371 e. The summed E-state index contributed by atoms with van der Waals surface area (Å²) in [5, 5.41) is 0. The molecule has 1 radical (unpaired) electrons. The van der Waals surface area contributed by atoms with Crippen molar-refractivity contribution in [2.24, 2.45) is 0 Å². The van der Waals surface area contributed by atoms with Gasteiger partial charge >= 0.3 is 0 Å². The molecule has 1 aromatic carbocycles. The van der Waals surface area contributed by atoms with Gasteiger partial charge in [0.25, 0.3) is 0 Å². The average molecular weight is 285 g/mol. The van der Waals surface area contributed by atoms with Gasteiger partial charge in [-0.05, 0) is 68.5 Å². The van der Waals surface area contributed by atoms with E-state index in [1.54, 1.807) is 5.56 Å². The van der Waals surface area contributed by atoms with Crippen LogP contribution in [0.1, 0.15) is 57.4 Å². The Kier molecular flexibility index (Phi) is 4.84. The first-order chi connectivity index (χ1) is 10.3. The van der Waals surface area contributed by atoms with E-state index in [2.05, 4.69) is 47.9 Å². The van der Waals surface area contributed by atoms with Crippen molar-refractivity contribution in [1.82, 2.24) is 4.90 Å². The molecule has 0 amide bonds. The molecule has 0 unspecified atom stereocenters. The summed E-state index contributed by atoms with van der Waals surface area (Å²) >= 11 is 0. The van der Waals surface area contributed by atoms with Crippen molar-refractivity contribution >= 4 is 5.69 Å². The quantitative estimate of drug-likeness (QED) is 0.805. The van der Waals surface area contributed by atoms with Crippen molar-refractivity contribution in [2.75, 3.05) is 31.1 Å². The topological polar surface area (TPSA) is 6.48 Å². The minimum Gasteiger partial charge on any atom is -0.371 e. The van der Waals surface area contributed by atoms with E-state index in [4.69, 9.17) is 0 Å². The maximum atomic E-state index is 3.30. The van der Waals surface area contributed by atoms with Gasteiger partial charge in [0.15, 0.2) is 0 Å². The molecule has 0 bridgehead atoms. The van der Waals surface area contributed by atoms with Crippen LogP contribution in [0.2, 0.25) is 0 Å². The first kappa shape index (κ1) is 14.9. The van der Waals surface area contributed by atoms with Crippen molar-refractivity contribution in [3.63, 3.8) is 0 Å². The van der Waals surface area contributed by atoms with Crippen LogP contribution in [0.5, 0.6) is 0 Å². The van der Waals surface area contributed by atoms with Crippen molar-refractivity contribution in [1.29, 1.82) is 0 Å². The Morgan fingerprint density at radius 3 is 2.43 bits per heavy atom. The Labute approximate surface area is 130 Å². The summed E-state index contributed by atoms with van der Waals surface area (Å²) in [5.41, 5.74) is 3.06. The fourth-order valence-corrected chi connectivity index (χ4v) is 3.98. The van der Waals surface area contributed by atoms with Crippen LogP contribution >= 0.6 is 0 Å². The summed E-state index contributed by atoms with van der Waals surface area (Å²) < 4.78 is 0. The maximum absolute atomic E-state index is 3.30. The number of piperidine rings is 1. The molecule has 1 saturated heterocycles. The molecule has 0 N–H and O–H groups in total. The second kappa shape index (κ2) is 6.83. The van der Waals surface area contributed by atoms with Crippen LogP contribution in [0, 0.1) is 6.07 Å². The fourth-order valence-electron chi connectivity index (χ4n) is 3.98. The Morgan fingerprint density at radius 2 is 1.86 bits per heavy atom. The Morgan fingerprint density at radius 1 is 1.14 bits per heavy atom. The van der Waals surface area contributed by atoms with E-state index in [-0.39, 0.29) is 0 Å². The molecule has 2 heteroatoms. The highest BCUT2D eigenvalue weighted by Gasteiger charge is 2.27. The molecule has 1 aliphatic heterocycles. The third-order valence-corrected chi connectivity index (χ3v) is 5.55. The van der Waals surface area contributed by atoms with Crippen LogP contribution in [0.4, 0.5) is 5.69 Å². The second-order valence-electron chi connectivity index (χ2n) is 6.55. The number of anilines is 1. The Bertz CT molecular complexity index is 441. The van der Waals surface area contributed by atoms with E-state index in [0.717, 1.165) is 12.0 Å². The molecule has 21 heavy (non-hydrogen) atoms. The smallest absolute Gasteiger partial charge is 0.0402 e. The van der Waals surface area contributed by atoms with Crippen LogP contribution in [0.15, 0.2) is 18.2 Å². The fraction of sp³-hybridized carbons (Fsp3) is 0.684. The van der Waals surface area contributed by atoms with E-state index >= 15 is 0 Å². The minimum absolute atomic E-state index is 0.790. The Balaban J connectivity index is 1.67. The van der Waals surface area contributed by atoms with E-state index < -0.39 is 0 Å². The molecule has 0 atom stereocenters. The van der Waals surface area contributed by atoms with Crippen LogP contribution in [-0.2, 0) is 0 Å². The van der Waals surface area contributed by atoms with Crippen LogP contribution in [0.25, 0.3) is 0 Å². The molecule has 0 spiro atoms. The zero-order valence-electron chi connectivity index (χ0n) is 13.6. The molecule has 0 aromatic heterocycles. The van der Waals surface area contributed by atoms with E-state index in [9.17, 15) is 0 Å². The van der Waals surface area contributed by atoms with Crippen molar-refractivity contribution in [3.05, 3.63) is 29.8 Å². The van der Waals surface area contributed by atoms with E-state index in [1.807, 2.05) is 0 Å². The van der Waals surface area contributed by atoms with Crippen LogP contribution in [0.3, 0.4) is 0 Å². The van der Waals surface area contributed by atoms with Gasteiger partial charge in [0.05, 0.1) is 0 Å². The van der Waals surface area contributed by atoms with Gasteiger partial charge in [0, 0.05) is 24.8 Å². The predicted octanol–water partition coefficient (Wildman–Crippen LogP) is 4.06. The third kappa shape index (κ3) is 3.11. The second-order valence-corrected chi connectivity index (χ2v) is 6.55. The highest BCUT2D eigenvalue weighted by atomic mass is 15.2. The molecule has 2 nitrogen and oxygen atoms in total. The van der Waals surface area contributed by atoms with Gasteiger partial charge in [0.1, 0.15) is 0 Å². The summed E-state index contributed by atoms with van der Waals surface area (Å²) in [7, 11) is 0. The standard InChI is InChI=1S/C19H29N2/c1-3-20(4-2)17-12-14-21(15-13-17)19-11-6-5-10-18(19)16-8-7-9-16/h6,10-11,16-17H,3-4,7-9,12-15H2,1-2H3. The molecule has 2 fully saturated rings. The van der Waals surface area contributed by atoms with Crippen molar-refractivity contribution in [2.45, 2.75) is 57.9 Å². The van der Waals surface area contributed by atoms with Gasteiger partial charge in [0.2, 0.25) is 0 Å². The molecule has 1 heterocycles. The number of nitrogens with zero attached hydrogens (tertiary/aromatic N) is 2. The van der Waals surface area contributed by atoms with Crippen molar-refractivity contribution in [3.8, 4) is 0 Å². The summed E-state index contributed by atoms with van der Waals surface area (Å²) in [6.45, 7) is 9.38. The average Bonchev–Trinajstić information content (AvgIpc) is 2.48. The van der Waals surface area contributed by atoms with Gasteiger partial charge in [-0.25, -0.2) is 0 Å². The summed E-state index contributed by atoms with van der Waals surface area (Å²) in [4.78, 5) is 5.25. The minimum atomic E-state index is 0.790. The zero-order valence-corrected chi connectivity index (χ0v) is 13.6. The van der Waals surface area contributed by atoms with Crippen LogP contribution in [-0.4, -0.2) is 37.1 Å². The molecule has 115 valence electrons. The highest BCUT2D eigenvalue weighted by Crippen LogP contribution is 2.41. The first-order valence-electron chi connectivity index (χ1n) is 8.82. The first-order valence-corrected chi connectivity index (χ1v) is 8.82. The zero-order chi connectivity index (χ0) is 14.7. The number of benzene rings is 1. The summed E-state index contributed by atoms with van der Waals surface area (Å²) in [6, 6.07) is 10.7. The van der Waals surface area contributed by atoms with Gasteiger partial charge < -0.3 is 9.80 Å². The number of hydrogen-bond acceptors (Lipinski definition) is 2. The predicted molar refractivity (Wildman–Crippen MR) is 90.0 cm³/mol. The van der Waals surface area contributed by atoms with Gasteiger partial charge in [-0.3, -0.25) is 0 Å². The SMILES string of the molecule is CCN(CC)C1CCN(c2cc[c]cc2C2CCC2)CC1. The Hall–Kier alpha value is -1.02. The van der Waals surface area contributed by atoms with E-state index in [0.29, 0.717) is 0 Å². The number of rotatable bonds is 5. The lowest BCUT2D eigenvalue weighted by Crippen LogP contribution is -2.45. The lowest BCUT2D eigenvalue weighted by Gasteiger charge is -2.40. The molecular weight excluding hydrogens is 256 g/mol. The lowest BCUT2D eigenvalue weighted by atomic mass is 9.79. The summed E-state index contributed by atoms with van der Waals surface area (Å²) in [6.07, 6.45) is 6.78. The van der Waals surface area contributed by atoms with E-state index in [1.165, 1.54) is 64.0 Å². The molecule has 1 aliphatic carbocycles. The molecular formula is C19H29N2. The lowest BCUT2D eigenvalue weighted by molar-refractivity contribution is 0.186. The monoisotopic (exact) mass is 285 g/mol. The van der Waals surface area contributed by atoms with Crippen LogP contribution < -0.4 is 4.90 Å². The molecule has 1 saturated carbocycles.